The Morgan fingerprint density at radius 3 is 2.86 bits per heavy atom. The number of carbonyl (C=O) groups is 1. The molecule has 0 aliphatic carbocycles. The molecule has 0 bridgehead atoms. The van der Waals surface area contributed by atoms with Crippen LogP contribution < -0.4 is 15.5 Å². The van der Waals surface area contributed by atoms with Gasteiger partial charge in [-0.05, 0) is 35.9 Å². The Morgan fingerprint density at radius 2 is 2.14 bits per heavy atom. The van der Waals surface area contributed by atoms with Gasteiger partial charge < -0.3 is 15.5 Å². The van der Waals surface area contributed by atoms with E-state index in [9.17, 15) is 4.79 Å². The van der Waals surface area contributed by atoms with Crippen molar-refractivity contribution in [3.63, 3.8) is 0 Å². The normalized spacial score (nSPS) is 9.68. The van der Waals surface area contributed by atoms with Crippen LogP contribution in [0.5, 0.6) is 0 Å². The zero-order chi connectivity index (χ0) is 15.9. The van der Waals surface area contributed by atoms with Gasteiger partial charge in [-0.25, -0.2) is 9.78 Å². The highest BCUT2D eigenvalue weighted by Gasteiger charge is 2.04. The van der Waals surface area contributed by atoms with Crippen LogP contribution in [0.1, 0.15) is 11.1 Å². The standard InChI is InChI=1S/C16H17N5O/c1-21(2)15-9-13(6-7-18-15)11-19-16(22)20-14-5-3-4-12(8-14)10-17/h3-9H,11H2,1-2H3,(H2,19,20,22). The summed E-state index contributed by atoms with van der Waals surface area (Å²) in [5, 5.41) is 14.3. The summed E-state index contributed by atoms with van der Waals surface area (Å²) in [6, 6.07) is 12.2. The Labute approximate surface area is 129 Å². The van der Waals surface area contributed by atoms with Crippen molar-refractivity contribution in [3.05, 3.63) is 53.7 Å². The summed E-state index contributed by atoms with van der Waals surface area (Å²) in [6.45, 7) is 0.396. The molecule has 2 aromatic rings. The molecule has 0 aliphatic rings. The van der Waals surface area contributed by atoms with Crippen LogP contribution in [0.25, 0.3) is 0 Å². The van der Waals surface area contributed by atoms with Crippen molar-refractivity contribution in [2.24, 2.45) is 0 Å². The molecule has 22 heavy (non-hydrogen) atoms. The number of pyridine rings is 1. The predicted octanol–water partition coefficient (Wildman–Crippen LogP) is 2.34. The number of rotatable bonds is 4. The maximum atomic E-state index is 11.9. The lowest BCUT2D eigenvalue weighted by Crippen LogP contribution is -2.28. The number of nitrogens with one attached hydrogen (secondary N) is 2. The molecular formula is C16H17N5O. The topological polar surface area (TPSA) is 81.0 Å². The molecule has 2 N–H and O–H groups in total. The van der Waals surface area contributed by atoms with Crippen LogP contribution in [-0.4, -0.2) is 25.1 Å². The van der Waals surface area contributed by atoms with E-state index >= 15 is 0 Å². The van der Waals surface area contributed by atoms with E-state index in [1.54, 1.807) is 30.5 Å². The first-order valence-electron chi connectivity index (χ1n) is 6.76. The van der Waals surface area contributed by atoms with Crippen molar-refractivity contribution >= 4 is 17.5 Å². The molecule has 1 heterocycles. The minimum Gasteiger partial charge on any atom is -0.363 e. The first-order chi connectivity index (χ1) is 10.6. The van der Waals surface area contributed by atoms with Gasteiger partial charge in [-0.1, -0.05) is 6.07 Å². The van der Waals surface area contributed by atoms with Gasteiger partial charge in [0.2, 0.25) is 0 Å². The summed E-state index contributed by atoms with van der Waals surface area (Å²) in [5.41, 5.74) is 2.04. The van der Waals surface area contributed by atoms with Crippen molar-refractivity contribution in [1.82, 2.24) is 10.3 Å². The number of hydrogen-bond acceptors (Lipinski definition) is 4. The van der Waals surface area contributed by atoms with Gasteiger partial charge in [-0.15, -0.1) is 0 Å². The molecule has 0 atom stereocenters. The molecule has 1 aromatic heterocycles. The SMILES string of the molecule is CN(C)c1cc(CNC(=O)Nc2cccc(C#N)c2)ccn1. The fourth-order valence-corrected chi connectivity index (χ4v) is 1.84. The molecule has 0 saturated heterocycles. The third-order valence-electron chi connectivity index (χ3n) is 2.97. The molecule has 0 spiro atoms. The second-order valence-corrected chi connectivity index (χ2v) is 4.92. The summed E-state index contributed by atoms with van der Waals surface area (Å²) in [7, 11) is 3.82. The van der Waals surface area contributed by atoms with E-state index in [4.69, 9.17) is 5.26 Å². The molecule has 0 fully saturated rings. The van der Waals surface area contributed by atoms with Gasteiger partial charge in [-0.2, -0.15) is 5.26 Å². The van der Waals surface area contributed by atoms with E-state index in [-0.39, 0.29) is 6.03 Å². The lowest BCUT2D eigenvalue weighted by atomic mass is 10.2. The zero-order valence-electron chi connectivity index (χ0n) is 12.5. The third kappa shape index (κ3) is 4.21. The highest BCUT2D eigenvalue weighted by Crippen LogP contribution is 2.11. The Hall–Kier alpha value is -3.07. The van der Waals surface area contributed by atoms with E-state index in [1.807, 2.05) is 37.2 Å². The van der Waals surface area contributed by atoms with Crippen LogP contribution in [0.2, 0.25) is 0 Å². The number of carbonyl (C=O) groups excluding carboxylic acids is 1. The molecule has 0 unspecified atom stereocenters. The van der Waals surface area contributed by atoms with Gasteiger partial charge in [0.05, 0.1) is 11.6 Å². The number of nitrogens with zero attached hydrogens (tertiary/aromatic N) is 3. The fourth-order valence-electron chi connectivity index (χ4n) is 1.84. The number of hydrogen-bond donors (Lipinski definition) is 2. The molecule has 2 rings (SSSR count). The van der Waals surface area contributed by atoms with E-state index in [1.165, 1.54) is 0 Å². The summed E-state index contributed by atoms with van der Waals surface area (Å²) in [6.07, 6.45) is 1.71. The third-order valence-corrected chi connectivity index (χ3v) is 2.97. The molecule has 1 aromatic carbocycles. The average Bonchev–Trinajstić information content (AvgIpc) is 2.53. The fraction of sp³-hybridized carbons (Fsp3) is 0.188. The van der Waals surface area contributed by atoms with Crippen molar-refractivity contribution in [1.29, 1.82) is 5.26 Å². The van der Waals surface area contributed by atoms with Crippen molar-refractivity contribution in [2.45, 2.75) is 6.54 Å². The quantitative estimate of drug-likeness (QED) is 0.907. The Bertz CT molecular complexity index is 706. The van der Waals surface area contributed by atoms with Gasteiger partial charge in [0.25, 0.3) is 0 Å². The van der Waals surface area contributed by atoms with E-state index in [0.717, 1.165) is 11.4 Å². The minimum atomic E-state index is -0.321. The number of amides is 2. The smallest absolute Gasteiger partial charge is 0.319 e. The molecule has 0 radical (unpaired) electrons. The monoisotopic (exact) mass is 295 g/mol. The van der Waals surface area contributed by atoms with Crippen LogP contribution in [0.15, 0.2) is 42.6 Å². The number of anilines is 2. The summed E-state index contributed by atoms with van der Waals surface area (Å²) >= 11 is 0. The molecule has 0 aliphatic heterocycles. The zero-order valence-corrected chi connectivity index (χ0v) is 12.5. The summed E-state index contributed by atoms with van der Waals surface area (Å²) in [4.78, 5) is 18.0. The van der Waals surface area contributed by atoms with Gasteiger partial charge >= 0.3 is 6.03 Å². The van der Waals surface area contributed by atoms with E-state index in [2.05, 4.69) is 15.6 Å². The van der Waals surface area contributed by atoms with Gasteiger partial charge in [-0.3, -0.25) is 0 Å². The number of aromatic nitrogens is 1. The van der Waals surface area contributed by atoms with Crippen molar-refractivity contribution in [2.75, 3.05) is 24.3 Å². The number of nitriles is 1. The van der Waals surface area contributed by atoms with Crippen molar-refractivity contribution < 1.29 is 4.79 Å². The number of benzene rings is 1. The van der Waals surface area contributed by atoms with E-state index in [0.29, 0.717) is 17.8 Å². The lowest BCUT2D eigenvalue weighted by Gasteiger charge is -2.12. The van der Waals surface area contributed by atoms with Crippen LogP contribution in [-0.2, 0) is 6.54 Å². The average molecular weight is 295 g/mol. The first kappa shape index (κ1) is 15.3. The highest BCUT2D eigenvalue weighted by molar-refractivity contribution is 5.89. The lowest BCUT2D eigenvalue weighted by molar-refractivity contribution is 0.251. The van der Waals surface area contributed by atoms with Crippen molar-refractivity contribution in [3.8, 4) is 6.07 Å². The predicted molar refractivity (Wildman–Crippen MR) is 85.6 cm³/mol. The Morgan fingerprint density at radius 1 is 1.32 bits per heavy atom. The largest absolute Gasteiger partial charge is 0.363 e. The van der Waals surface area contributed by atoms with E-state index < -0.39 is 0 Å². The summed E-state index contributed by atoms with van der Waals surface area (Å²) in [5.74, 6) is 0.835. The van der Waals surface area contributed by atoms with Crippen LogP contribution in [0, 0.1) is 11.3 Å². The highest BCUT2D eigenvalue weighted by atomic mass is 16.2. The minimum absolute atomic E-state index is 0.321. The molecule has 112 valence electrons. The van der Waals surface area contributed by atoms with Gasteiger partial charge in [0, 0.05) is 32.5 Å². The first-order valence-corrected chi connectivity index (χ1v) is 6.76. The molecule has 6 nitrogen and oxygen atoms in total. The molecule has 0 saturated carbocycles. The Balaban J connectivity index is 1.92. The second-order valence-electron chi connectivity index (χ2n) is 4.92. The molecule has 6 heteroatoms. The number of urea groups is 1. The van der Waals surface area contributed by atoms with Crippen LogP contribution in [0.3, 0.4) is 0 Å². The van der Waals surface area contributed by atoms with Gasteiger partial charge in [0.15, 0.2) is 0 Å². The van der Waals surface area contributed by atoms with Gasteiger partial charge in [0.1, 0.15) is 5.82 Å². The second kappa shape index (κ2) is 7.09. The molecule has 2 amide bonds. The summed E-state index contributed by atoms with van der Waals surface area (Å²) < 4.78 is 0. The maximum Gasteiger partial charge on any atom is 0.319 e. The van der Waals surface area contributed by atoms with Crippen LogP contribution in [0.4, 0.5) is 16.3 Å². The molecular weight excluding hydrogens is 278 g/mol. The van der Waals surface area contributed by atoms with Crippen LogP contribution >= 0.6 is 0 Å². The maximum absolute atomic E-state index is 11.9. The Kier molecular flexibility index (Phi) is 4.94.